The third kappa shape index (κ3) is 39.5. The van der Waals surface area contributed by atoms with Crippen molar-refractivity contribution in [2.45, 2.75) is 48.5 Å². The molecule has 0 atom stereocenters. The van der Waals surface area contributed by atoms with Gasteiger partial charge in [0.25, 0.3) is 0 Å². The van der Waals surface area contributed by atoms with Gasteiger partial charge in [0.15, 0.2) is 5.75 Å². The van der Waals surface area contributed by atoms with Crippen molar-refractivity contribution in [1.29, 1.82) is 0 Å². The van der Waals surface area contributed by atoms with Gasteiger partial charge in [0.1, 0.15) is 51.6 Å². The fraction of sp³-hybridized carbons (Fsp3) is 0.101. The molecule has 0 amide bonds. The van der Waals surface area contributed by atoms with Gasteiger partial charge in [-0.3, -0.25) is 25.0 Å². The molecule has 0 spiro atoms. The molecule has 5 N–H and O–H groups in total. The number of ether oxygens (including phenoxy) is 2. The second-order valence-electron chi connectivity index (χ2n) is 21.2. The van der Waals surface area contributed by atoms with E-state index in [1.165, 1.54) is 5.56 Å². The number of aromatic hydroxyl groups is 5. The third-order valence-electron chi connectivity index (χ3n) is 13.8. The van der Waals surface area contributed by atoms with Gasteiger partial charge >= 0.3 is 178 Å². The molecule has 0 saturated heterocycles. The van der Waals surface area contributed by atoms with Gasteiger partial charge in [-0.15, -0.1) is 0 Å². The number of halogens is 10. The fourth-order valence-electron chi connectivity index (χ4n) is 9.06. The minimum atomic E-state index is -0.556. The maximum atomic E-state index is 9.77. The van der Waals surface area contributed by atoms with E-state index in [9.17, 15) is 25.5 Å². The van der Waals surface area contributed by atoms with E-state index in [2.05, 4.69) is 57.9 Å². The van der Waals surface area contributed by atoms with Crippen molar-refractivity contribution in [3.63, 3.8) is 0 Å². The summed E-state index contributed by atoms with van der Waals surface area (Å²) in [6.45, 7) is 14.3. The second-order valence-corrected chi connectivity index (χ2v) is 34.1. The molecule has 0 fully saturated rings. The summed E-state index contributed by atoms with van der Waals surface area (Å²) in [5.41, 5.74) is 16.0. The quantitative estimate of drug-likeness (QED) is 0.0562. The summed E-state index contributed by atoms with van der Waals surface area (Å²) < 4.78 is 11.0. The summed E-state index contributed by atoms with van der Waals surface area (Å²) in [6, 6.07) is 76.6. The van der Waals surface area contributed by atoms with Crippen LogP contribution in [0.5, 0.6) is 46.0 Å². The normalized spacial score (nSPS) is 9.98. The first kappa shape index (κ1) is 96.9. The van der Waals surface area contributed by atoms with Crippen LogP contribution in [0.15, 0.2) is 274 Å². The number of phenolic OH excluding ortho intramolecular Hbond substituents is 5. The van der Waals surface area contributed by atoms with Gasteiger partial charge in [0.05, 0.1) is 24.2 Å². The van der Waals surface area contributed by atoms with Crippen molar-refractivity contribution in [3.8, 4) is 46.0 Å². The molecule has 0 aliphatic heterocycles. The summed E-state index contributed by atoms with van der Waals surface area (Å²) in [5.74, 6) is 3.31. The van der Waals surface area contributed by atoms with Crippen LogP contribution in [0.25, 0.3) is 0 Å². The van der Waals surface area contributed by atoms with Gasteiger partial charge in [-0.2, -0.15) is 0 Å². The van der Waals surface area contributed by atoms with Crippen LogP contribution >= 0.6 is 93.0 Å². The molecule has 27 heteroatoms. The number of benzene rings is 11. The molecule has 0 unspecified atom stereocenters. The molecule has 0 aromatic heterocycles. The second kappa shape index (κ2) is 59.7. The molecule has 12 nitrogen and oxygen atoms in total. The average molecular weight is 1800 g/mol. The van der Waals surface area contributed by atoms with E-state index in [4.69, 9.17) is 103 Å². The molecule has 0 aliphatic rings. The van der Waals surface area contributed by atoms with Crippen LogP contribution in [0.2, 0.25) is 0 Å². The fourth-order valence-corrected chi connectivity index (χ4v) is 9.06. The van der Waals surface area contributed by atoms with Crippen LogP contribution in [-0.4, -0.2) is 63.7 Å². The average Bonchev–Trinajstić information content (AvgIpc) is 0.860. The minimum absolute atomic E-state index is 0.202. The number of methoxy groups -OCH3 is 1. The zero-order valence-corrected chi connectivity index (χ0v) is 74.0. The molecule has 548 valence electrons. The summed E-state index contributed by atoms with van der Waals surface area (Å²) in [6.07, 6.45) is 8.35. The predicted molar refractivity (Wildman–Crippen MR) is 434 cm³/mol. The SMILES string of the molecule is COc1ccccc1N=Cc1ccccc1O.Cc1cc(C)c(N=Cc2ccccc2O)c(C)c1.Cc1cccc(C)c1N=Cc1ccccc1O.Cc1cccc(C)c1N=Cc1ccccc1O.Oc1ccccc1C=Nc1ccccc1Oc1ccccc1.[Cl][Ti][Cl].[Cl][Ti][Cl].[Cl][Ti][Cl].[Cl][Ti][Cl].[Cl][Ti][Cl]. The summed E-state index contributed by atoms with van der Waals surface area (Å²) >= 11 is -2.78. The number of aliphatic imine (C=N–C) groups is 5. The Morgan fingerprint density at radius 2 is 0.509 bits per heavy atom. The zero-order chi connectivity index (χ0) is 78.4. The van der Waals surface area contributed by atoms with E-state index >= 15 is 0 Å². The standard InChI is InChI=1S/C19H15NO2.C16H17NO.2C15H15NO.C14H13NO2.10ClH.5Ti/c21-18-12-6-4-8-15(18)14-20-17-11-5-7-13-19(17)22-16-9-2-1-3-10-16;1-11-8-12(2)16(13(3)9-11)17-10-14-6-4-5-7-15(14)18;2*1-11-6-5-7-12(2)15(11)16-10-13-8-3-4-9-14(13)17;1-17-14-9-5-3-7-12(14)15-10-11-6-2-4-8-13(11)16;;;;;;;;;;;;;;;/h1-14,21H;4-10,18H,1-3H3;2*3-10,17H,1-2H3;2-10,16H,1H3;10*1H;;;;;/q;;;;;;;;;;;;;;;5*+2/p-10. The first-order valence-corrected chi connectivity index (χ1v) is 52.7. The Kier molecular flexibility index (Phi) is 54.6. The van der Waals surface area contributed by atoms with Gasteiger partial charge in [0, 0.05) is 58.9 Å². The third-order valence-corrected chi connectivity index (χ3v) is 13.8. The van der Waals surface area contributed by atoms with E-state index in [0.717, 1.165) is 78.6 Å². The Morgan fingerprint density at radius 3 is 0.802 bits per heavy atom. The predicted octanol–water partition coefficient (Wildman–Crippen LogP) is 26.6. The Bertz CT molecular complexity index is 4300. The molecule has 11 rings (SSSR count). The summed E-state index contributed by atoms with van der Waals surface area (Å²) in [4.78, 5) is 22.1. The Labute approximate surface area is 706 Å². The van der Waals surface area contributed by atoms with Gasteiger partial charge in [-0.25, -0.2) is 0 Å². The Hall–Kier alpha value is -5.16. The number of aryl methyl sites for hydroxylation is 7. The van der Waals surface area contributed by atoms with Crippen LogP contribution in [0.3, 0.4) is 0 Å². The maximum absolute atomic E-state index is 9.77. The molecule has 0 bridgehead atoms. The summed E-state index contributed by atoms with van der Waals surface area (Å²) in [7, 11) is 50.5. The number of phenols is 5. The number of nitrogens with zero attached hydrogens (tertiary/aromatic N) is 5. The number of para-hydroxylation sites is 12. The molecule has 0 saturated carbocycles. The first-order chi connectivity index (χ1) is 51.1. The van der Waals surface area contributed by atoms with E-state index in [1.807, 2.05) is 191 Å². The first-order valence-electron chi connectivity index (χ1n) is 31.2. The van der Waals surface area contributed by atoms with Crippen molar-refractivity contribution >= 4 is 153 Å². The van der Waals surface area contributed by atoms with Crippen molar-refractivity contribution in [2.75, 3.05) is 7.11 Å². The van der Waals surface area contributed by atoms with Crippen molar-refractivity contribution in [2.24, 2.45) is 25.0 Å². The number of hydrogen-bond donors (Lipinski definition) is 5. The van der Waals surface area contributed by atoms with Crippen molar-refractivity contribution < 1.29 is 120 Å². The number of hydrogen-bond acceptors (Lipinski definition) is 12. The van der Waals surface area contributed by atoms with Crippen LogP contribution in [0.1, 0.15) is 66.8 Å². The van der Waals surface area contributed by atoms with Crippen LogP contribution in [0.4, 0.5) is 28.4 Å². The molecule has 106 heavy (non-hydrogen) atoms. The van der Waals surface area contributed by atoms with Gasteiger partial charge in [-0.1, -0.05) is 157 Å². The van der Waals surface area contributed by atoms with Crippen molar-refractivity contribution in [1.82, 2.24) is 0 Å². The molecule has 0 aliphatic carbocycles. The van der Waals surface area contributed by atoms with Crippen LogP contribution in [0, 0.1) is 48.5 Å². The Balaban J connectivity index is 0.000000430. The van der Waals surface area contributed by atoms with Gasteiger partial charge in [0.2, 0.25) is 0 Å². The molecular formula is C79H75Cl10N5O7Ti5. The molecule has 11 aromatic carbocycles. The van der Waals surface area contributed by atoms with Gasteiger partial charge in [-0.05, 0) is 179 Å². The van der Waals surface area contributed by atoms with Crippen LogP contribution < -0.4 is 9.47 Å². The van der Waals surface area contributed by atoms with Crippen LogP contribution in [-0.2, 0) is 85.2 Å². The monoisotopic (exact) mass is 1790 g/mol. The Morgan fingerprint density at radius 1 is 0.274 bits per heavy atom. The molecule has 0 heterocycles. The van der Waals surface area contributed by atoms with Crippen molar-refractivity contribution in [3.05, 3.63) is 315 Å². The van der Waals surface area contributed by atoms with E-state index in [-0.39, 0.29) is 28.7 Å². The zero-order valence-electron chi connectivity index (χ0n) is 58.6. The van der Waals surface area contributed by atoms with E-state index in [0.29, 0.717) is 28.3 Å². The molecule has 0 radical (unpaired) electrons. The topological polar surface area (TPSA) is 181 Å². The molecule has 11 aromatic rings. The summed E-state index contributed by atoms with van der Waals surface area (Å²) in [5, 5.41) is 48.3. The van der Waals surface area contributed by atoms with E-state index in [1.54, 1.807) is 111 Å². The van der Waals surface area contributed by atoms with E-state index < -0.39 is 85.2 Å². The number of rotatable bonds is 13. The van der Waals surface area contributed by atoms with Gasteiger partial charge < -0.3 is 35.0 Å². The molecular weight excluding hydrogens is 1720 g/mol.